The van der Waals surface area contributed by atoms with Crippen LogP contribution in [0.5, 0.6) is 0 Å². The number of imidazole rings is 1. The molecule has 1 aromatic heterocycles. The van der Waals surface area contributed by atoms with Crippen LogP contribution < -0.4 is 0 Å². The van der Waals surface area contributed by atoms with Crippen LogP contribution in [0.4, 0.5) is 0 Å². The number of rotatable bonds is 5. The summed E-state index contributed by atoms with van der Waals surface area (Å²) in [5, 5.41) is 10.0. The first-order valence-corrected chi connectivity index (χ1v) is 7.65. The molecule has 22 heavy (non-hydrogen) atoms. The molecule has 0 spiro atoms. The fraction of sp³-hybridized carbons (Fsp3) is 0.500. The third kappa shape index (κ3) is 2.73. The van der Waals surface area contributed by atoms with Gasteiger partial charge in [-0.2, -0.15) is 0 Å². The molecule has 6 nitrogen and oxygen atoms in total. The predicted octanol–water partition coefficient (Wildman–Crippen LogP) is 2.01. The summed E-state index contributed by atoms with van der Waals surface area (Å²) < 4.78 is 7.66. The van der Waals surface area contributed by atoms with Crippen molar-refractivity contribution >= 4 is 5.91 Å². The van der Waals surface area contributed by atoms with E-state index < -0.39 is 0 Å². The highest BCUT2D eigenvalue weighted by Gasteiger charge is 2.42. The van der Waals surface area contributed by atoms with Crippen LogP contribution in [-0.2, 0) is 16.1 Å². The van der Waals surface area contributed by atoms with E-state index in [2.05, 4.69) is 4.98 Å². The maximum absolute atomic E-state index is 12.3. The number of aromatic nitrogens is 2. The second-order valence-corrected chi connectivity index (χ2v) is 5.75. The summed E-state index contributed by atoms with van der Waals surface area (Å²) in [7, 11) is 0. The summed E-state index contributed by atoms with van der Waals surface area (Å²) in [5.41, 5.74) is 0.716. The number of allylic oxidation sites excluding steroid dienone is 1. The minimum absolute atomic E-state index is 0.0770. The number of aliphatic hydroxyl groups is 1. The molecule has 6 heteroatoms. The summed E-state index contributed by atoms with van der Waals surface area (Å²) in [6.45, 7) is 3.20. The summed E-state index contributed by atoms with van der Waals surface area (Å²) in [4.78, 5) is 18.0. The van der Waals surface area contributed by atoms with E-state index in [1.54, 1.807) is 23.7 Å². The fourth-order valence-electron chi connectivity index (χ4n) is 3.15. The fourth-order valence-corrected chi connectivity index (χ4v) is 3.15. The lowest BCUT2D eigenvalue weighted by molar-refractivity contribution is -0.131. The smallest absolute Gasteiger partial charge is 0.289 e. The van der Waals surface area contributed by atoms with E-state index in [9.17, 15) is 9.90 Å². The molecule has 0 aliphatic carbocycles. The first-order chi connectivity index (χ1) is 10.7. The molecule has 0 saturated heterocycles. The maximum Gasteiger partial charge on any atom is 0.289 e. The third-order valence-electron chi connectivity index (χ3n) is 4.31. The van der Waals surface area contributed by atoms with E-state index in [4.69, 9.17) is 4.74 Å². The Morgan fingerprint density at radius 1 is 1.45 bits per heavy atom. The second-order valence-electron chi connectivity index (χ2n) is 5.75. The van der Waals surface area contributed by atoms with Crippen molar-refractivity contribution in [1.82, 2.24) is 14.5 Å². The van der Waals surface area contributed by atoms with Crippen molar-refractivity contribution in [2.75, 3.05) is 6.54 Å². The van der Waals surface area contributed by atoms with Crippen LogP contribution in [0.2, 0.25) is 0 Å². The van der Waals surface area contributed by atoms with E-state index in [0.717, 1.165) is 25.8 Å². The molecule has 0 saturated carbocycles. The molecule has 3 rings (SSSR count). The minimum Gasteiger partial charge on any atom is -0.503 e. The van der Waals surface area contributed by atoms with Crippen LogP contribution in [-0.4, -0.2) is 44.2 Å². The van der Waals surface area contributed by atoms with Gasteiger partial charge < -0.3 is 19.3 Å². The predicted molar refractivity (Wildman–Crippen MR) is 80.9 cm³/mol. The molecule has 2 atom stereocenters. The van der Waals surface area contributed by atoms with Gasteiger partial charge in [0.25, 0.3) is 5.91 Å². The first kappa shape index (κ1) is 14.7. The molecule has 0 fully saturated rings. The van der Waals surface area contributed by atoms with Gasteiger partial charge in [-0.25, -0.2) is 4.98 Å². The zero-order valence-electron chi connectivity index (χ0n) is 12.7. The number of carbonyl (C=O) groups excluding carboxylic acids is 1. The van der Waals surface area contributed by atoms with Gasteiger partial charge in [0, 0.05) is 31.1 Å². The molecule has 1 amide bonds. The zero-order valence-corrected chi connectivity index (χ0v) is 12.7. The number of ether oxygens (including phenoxy) is 1. The second kappa shape index (κ2) is 6.25. The standard InChI is InChI=1S/C16H21N3O3/c1-12-14(13-5-2-3-10-22-13)19(16(21)15(12)20)8-4-7-18-9-6-17-11-18/h3,6,9-11,13-14,20H,2,4-5,7-8H2,1H3. The van der Waals surface area contributed by atoms with Crippen LogP contribution in [0.3, 0.4) is 0 Å². The van der Waals surface area contributed by atoms with Crippen molar-refractivity contribution in [3.8, 4) is 0 Å². The van der Waals surface area contributed by atoms with Gasteiger partial charge in [0.15, 0.2) is 5.76 Å². The Bertz CT molecular complexity index is 592. The molecule has 1 aromatic rings. The average molecular weight is 303 g/mol. The highest BCUT2D eigenvalue weighted by molar-refractivity contribution is 5.95. The Hall–Kier alpha value is -2.24. The number of hydrogen-bond donors (Lipinski definition) is 1. The lowest BCUT2D eigenvalue weighted by atomic mass is 9.98. The summed E-state index contributed by atoms with van der Waals surface area (Å²) in [6.07, 6.45) is 11.6. The number of amides is 1. The minimum atomic E-state index is -0.286. The van der Waals surface area contributed by atoms with Crippen LogP contribution in [0.15, 0.2) is 42.4 Å². The van der Waals surface area contributed by atoms with E-state index in [0.29, 0.717) is 12.1 Å². The van der Waals surface area contributed by atoms with Gasteiger partial charge in [-0.1, -0.05) is 0 Å². The largest absolute Gasteiger partial charge is 0.503 e. The number of aryl methyl sites for hydroxylation is 1. The lowest BCUT2D eigenvalue weighted by Crippen LogP contribution is -2.45. The van der Waals surface area contributed by atoms with Crippen molar-refractivity contribution < 1.29 is 14.6 Å². The van der Waals surface area contributed by atoms with Gasteiger partial charge in [0.05, 0.1) is 18.6 Å². The van der Waals surface area contributed by atoms with E-state index in [1.165, 1.54) is 0 Å². The lowest BCUT2D eigenvalue weighted by Gasteiger charge is -2.33. The van der Waals surface area contributed by atoms with Gasteiger partial charge >= 0.3 is 0 Å². The Labute approximate surface area is 129 Å². The molecular weight excluding hydrogens is 282 g/mol. The monoisotopic (exact) mass is 303 g/mol. The Morgan fingerprint density at radius 3 is 3.00 bits per heavy atom. The maximum atomic E-state index is 12.3. The third-order valence-corrected chi connectivity index (χ3v) is 4.31. The topological polar surface area (TPSA) is 67.6 Å². The summed E-state index contributed by atoms with van der Waals surface area (Å²) >= 11 is 0. The van der Waals surface area contributed by atoms with E-state index in [-0.39, 0.29) is 23.8 Å². The van der Waals surface area contributed by atoms with Crippen molar-refractivity contribution in [2.45, 2.75) is 44.9 Å². The molecule has 2 aliphatic rings. The molecule has 1 N–H and O–H groups in total. The Kier molecular flexibility index (Phi) is 4.18. The number of aliphatic hydroxyl groups excluding tert-OH is 1. The summed E-state index contributed by atoms with van der Waals surface area (Å²) in [6, 6.07) is -0.166. The van der Waals surface area contributed by atoms with Gasteiger partial charge in [0.2, 0.25) is 0 Å². The van der Waals surface area contributed by atoms with Crippen LogP contribution in [0.25, 0.3) is 0 Å². The van der Waals surface area contributed by atoms with E-state index in [1.807, 2.05) is 23.8 Å². The molecule has 118 valence electrons. The van der Waals surface area contributed by atoms with Gasteiger partial charge in [-0.05, 0) is 32.3 Å². The van der Waals surface area contributed by atoms with Crippen molar-refractivity contribution in [3.63, 3.8) is 0 Å². The SMILES string of the molecule is CC1=C(O)C(=O)N(CCCn2ccnc2)C1C1CCC=CO1. The molecule has 0 radical (unpaired) electrons. The van der Waals surface area contributed by atoms with Crippen molar-refractivity contribution in [2.24, 2.45) is 0 Å². The quantitative estimate of drug-likeness (QED) is 0.903. The Morgan fingerprint density at radius 2 is 2.32 bits per heavy atom. The number of nitrogens with zero attached hydrogens (tertiary/aromatic N) is 3. The van der Waals surface area contributed by atoms with Crippen LogP contribution in [0.1, 0.15) is 26.2 Å². The highest BCUT2D eigenvalue weighted by Crippen LogP contribution is 2.31. The molecular formula is C16H21N3O3. The average Bonchev–Trinajstić information content (AvgIpc) is 3.12. The van der Waals surface area contributed by atoms with Crippen molar-refractivity contribution in [3.05, 3.63) is 42.4 Å². The number of hydrogen-bond acceptors (Lipinski definition) is 4. The molecule has 0 aromatic carbocycles. The zero-order chi connectivity index (χ0) is 15.5. The van der Waals surface area contributed by atoms with Crippen LogP contribution in [0, 0.1) is 0 Å². The van der Waals surface area contributed by atoms with E-state index >= 15 is 0 Å². The van der Waals surface area contributed by atoms with Gasteiger partial charge in [-0.3, -0.25) is 4.79 Å². The number of carbonyl (C=O) groups is 1. The van der Waals surface area contributed by atoms with Gasteiger partial charge in [0.1, 0.15) is 6.10 Å². The van der Waals surface area contributed by atoms with Crippen LogP contribution >= 0.6 is 0 Å². The molecule has 0 bridgehead atoms. The van der Waals surface area contributed by atoms with Crippen molar-refractivity contribution in [1.29, 1.82) is 0 Å². The normalized spacial score (nSPS) is 25.0. The summed E-state index contributed by atoms with van der Waals surface area (Å²) in [5.74, 6) is -0.405. The molecule has 2 unspecified atom stereocenters. The molecule has 3 heterocycles. The highest BCUT2D eigenvalue weighted by atomic mass is 16.5. The Balaban J connectivity index is 1.67. The molecule has 2 aliphatic heterocycles. The first-order valence-electron chi connectivity index (χ1n) is 7.65. The van der Waals surface area contributed by atoms with Gasteiger partial charge in [-0.15, -0.1) is 0 Å².